The molecule has 2 nitrogen and oxygen atoms in total. The van der Waals surface area contributed by atoms with Crippen LogP contribution in [0.1, 0.15) is 46.0 Å². The molecular formula is C15H22O2. The number of hydrogen-bond donors (Lipinski definition) is 0. The zero-order chi connectivity index (χ0) is 12.2. The third-order valence-electron chi connectivity index (χ3n) is 5.50. The summed E-state index contributed by atoms with van der Waals surface area (Å²) in [4.78, 5) is 11.8. The van der Waals surface area contributed by atoms with Gasteiger partial charge >= 0.3 is 5.97 Å². The number of esters is 1. The Balaban J connectivity index is 1.95. The Morgan fingerprint density at radius 3 is 2.94 bits per heavy atom. The smallest absolute Gasteiger partial charge is 0.309 e. The van der Waals surface area contributed by atoms with Gasteiger partial charge in [-0.1, -0.05) is 26.0 Å². The molecule has 0 amide bonds. The van der Waals surface area contributed by atoms with Crippen molar-refractivity contribution in [1.29, 1.82) is 0 Å². The molecule has 0 aromatic carbocycles. The lowest BCUT2D eigenvalue weighted by molar-refractivity contribution is -0.148. The highest BCUT2D eigenvalue weighted by Crippen LogP contribution is 2.57. The first-order valence-corrected chi connectivity index (χ1v) is 6.91. The fourth-order valence-electron chi connectivity index (χ4n) is 4.45. The number of ether oxygens (including phenoxy) is 1. The summed E-state index contributed by atoms with van der Waals surface area (Å²) in [6.45, 7) is 8.66. The molecule has 0 bridgehead atoms. The molecule has 0 aromatic rings. The predicted molar refractivity (Wildman–Crippen MR) is 66.4 cm³/mol. The highest BCUT2D eigenvalue weighted by atomic mass is 16.6. The Morgan fingerprint density at radius 1 is 1.41 bits per heavy atom. The summed E-state index contributed by atoms with van der Waals surface area (Å²) in [5, 5.41) is 0. The molecule has 0 aromatic heterocycles. The summed E-state index contributed by atoms with van der Waals surface area (Å²) in [7, 11) is 0. The first-order valence-electron chi connectivity index (χ1n) is 6.91. The van der Waals surface area contributed by atoms with Crippen LogP contribution in [-0.2, 0) is 9.53 Å². The van der Waals surface area contributed by atoms with Gasteiger partial charge in [0.25, 0.3) is 0 Å². The molecule has 2 heteroatoms. The van der Waals surface area contributed by atoms with E-state index in [9.17, 15) is 4.79 Å². The maximum Gasteiger partial charge on any atom is 0.309 e. The standard InChI is InChI=1S/C15H22O2/c1-9-5-4-7-15(3)8-6-11-10(2)14(16)17-13(11)12(9)15/h10-13H,1,4-8H2,2-3H3/t10-,11-,12+,13-,15+/m0/s1. The molecule has 0 spiro atoms. The molecule has 2 aliphatic carbocycles. The van der Waals surface area contributed by atoms with Crippen LogP contribution in [0.25, 0.3) is 0 Å². The molecular weight excluding hydrogens is 212 g/mol. The van der Waals surface area contributed by atoms with E-state index < -0.39 is 0 Å². The van der Waals surface area contributed by atoms with Gasteiger partial charge in [0.1, 0.15) is 6.10 Å². The van der Waals surface area contributed by atoms with E-state index in [1.807, 2.05) is 6.92 Å². The minimum atomic E-state index is 0.0163. The van der Waals surface area contributed by atoms with E-state index in [2.05, 4.69) is 13.5 Å². The van der Waals surface area contributed by atoms with Gasteiger partial charge in [0.2, 0.25) is 0 Å². The number of carbonyl (C=O) groups is 1. The van der Waals surface area contributed by atoms with Crippen molar-refractivity contribution in [2.75, 3.05) is 0 Å². The molecule has 94 valence electrons. The zero-order valence-electron chi connectivity index (χ0n) is 10.9. The Hall–Kier alpha value is -0.790. The molecule has 1 heterocycles. The van der Waals surface area contributed by atoms with Gasteiger partial charge in [-0.05, 0) is 37.5 Å². The van der Waals surface area contributed by atoms with Crippen molar-refractivity contribution >= 4 is 5.97 Å². The van der Waals surface area contributed by atoms with E-state index in [1.165, 1.54) is 24.8 Å². The first kappa shape index (κ1) is 11.3. The maximum atomic E-state index is 11.8. The Bertz CT molecular complexity index is 373. The Morgan fingerprint density at radius 2 is 2.18 bits per heavy atom. The van der Waals surface area contributed by atoms with Crippen LogP contribution in [0.4, 0.5) is 0 Å². The summed E-state index contributed by atoms with van der Waals surface area (Å²) in [6.07, 6.45) is 6.16. The molecule has 2 saturated carbocycles. The Kier molecular flexibility index (Phi) is 2.39. The van der Waals surface area contributed by atoms with E-state index in [0.717, 1.165) is 12.8 Å². The SMILES string of the molecule is C=C1CCC[C@]2(C)CC[C@@H]3[C@H](OC(=O)[C@H]3C)[C@@H]12. The lowest BCUT2D eigenvalue weighted by atomic mass is 9.55. The normalized spacial score (nSPS) is 49.5. The van der Waals surface area contributed by atoms with Crippen LogP contribution in [0.5, 0.6) is 0 Å². The molecule has 0 N–H and O–H groups in total. The van der Waals surface area contributed by atoms with Crippen LogP contribution in [0.3, 0.4) is 0 Å². The van der Waals surface area contributed by atoms with Crippen molar-refractivity contribution in [3.8, 4) is 0 Å². The molecule has 3 rings (SSSR count). The molecule has 3 fully saturated rings. The quantitative estimate of drug-likeness (QED) is 0.475. The van der Waals surface area contributed by atoms with Crippen LogP contribution < -0.4 is 0 Å². The average molecular weight is 234 g/mol. The van der Waals surface area contributed by atoms with Gasteiger partial charge in [0.15, 0.2) is 0 Å². The van der Waals surface area contributed by atoms with E-state index in [4.69, 9.17) is 4.74 Å². The average Bonchev–Trinajstić information content (AvgIpc) is 2.54. The monoisotopic (exact) mass is 234 g/mol. The van der Waals surface area contributed by atoms with Crippen LogP contribution in [-0.4, -0.2) is 12.1 Å². The largest absolute Gasteiger partial charge is 0.461 e. The summed E-state index contributed by atoms with van der Waals surface area (Å²) in [5.41, 5.74) is 1.66. The number of hydrogen-bond acceptors (Lipinski definition) is 2. The summed E-state index contributed by atoms with van der Waals surface area (Å²) in [5.74, 6) is 0.973. The minimum Gasteiger partial charge on any atom is -0.461 e. The highest BCUT2D eigenvalue weighted by molar-refractivity contribution is 5.75. The van der Waals surface area contributed by atoms with E-state index in [-0.39, 0.29) is 18.0 Å². The predicted octanol–water partition coefficient (Wildman–Crippen LogP) is 3.32. The van der Waals surface area contributed by atoms with Gasteiger partial charge in [-0.15, -0.1) is 0 Å². The van der Waals surface area contributed by atoms with Crippen molar-refractivity contribution < 1.29 is 9.53 Å². The minimum absolute atomic E-state index is 0.0163. The van der Waals surface area contributed by atoms with E-state index in [1.54, 1.807) is 0 Å². The number of carbonyl (C=O) groups excluding carboxylic acids is 1. The van der Waals surface area contributed by atoms with Crippen molar-refractivity contribution in [3.05, 3.63) is 12.2 Å². The third-order valence-corrected chi connectivity index (χ3v) is 5.50. The van der Waals surface area contributed by atoms with Crippen LogP contribution >= 0.6 is 0 Å². The fraction of sp³-hybridized carbons (Fsp3) is 0.800. The highest BCUT2D eigenvalue weighted by Gasteiger charge is 2.55. The van der Waals surface area contributed by atoms with Gasteiger partial charge in [0, 0.05) is 11.8 Å². The van der Waals surface area contributed by atoms with Gasteiger partial charge in [-0.2, -0.15) is 0 Å². The summed E-state index contributed by atoms with van der Waals surface area (Å²) < 4.78 is 5.68. The summed E-state index contributed by atoms with van der Waals surface area (Å²) in [6, 6.07) is 0. The second-order valence-corrected chi connectivity index (χ2v) is 6.54. The van der Waals surface area contributed by atoms with Crippen molar-refractivity contribution in [3.63, 3.8) is 0 Å². The number of rotatable bonds is 0. The van der Waals surface area contributed by atoms with Gasteiger partial charge < -0.3 is 4.74 Å². The molecule has 0 unspecified atom stereocenters. The molecule has 1 saturated heterocycles. The van der Waals surface area contributed by atoms with Crippen molar-refractivity contribution in [1.82, 2.24) is 0 Å². The molecule has 5 atom stereocenters. The Labute approximate surface area is 103 Å². The van der Waals surface area contributed by atoms with Gasteiger partial charge in [-0.3, -0.25) is 4.79 Å². The first-order chi connectivity index (χ1) is 8.03. The van der Waals surface area contributed by atoms with E-state index >= 15 is 0 Å². The van der Waals surface area contributed by atoms with Crippen LogP contribution in [0.15, 0.2) is 12.2 Å². The third kappa shape index (κ3) is 1.49. The van der Waals surface area contributed by atoms with Crippen LogP contribution in [0, 0.1) is 23.2 Å². The fourth-order valence-corrected chi connectivity index (χ4v) is 4.45. The van der Waals surface area contributed by atoms with Crippen molar-refractivity contribution in [2.24, 2.45) is 23.2 Å². The van der Waals surface area contributed by atoms with E-state index in [0.29, 0.717) is 17.3 Å². The maximum absolute atomic E-state index is 11.8. The summed E-state index contributed by atoms with van der Waals surface area (Å²) >= 11 is 0. The second kappa shape index (κ2) is 3.60. The molecule has 3 aliphatic rings. The topological polar surface area (TPSA) is 26.3 Å². The molecule has 17 heavy (non-hydrogen) atoms. The second-order valence-electron chi connectivity index (χ2n) is 6.54. The van der Waals surface area contributed by atoms with Gasteiger partial charge in [0.05, 0.1) is 5.92 Å². The van der Waals surface area contributed by atoms with Crippen LogP contribution in [0.2, 0.25) is 0 Å². The molecule has 1 aliphatic heterocycles. The van der Waals surface area contributed by atoms with Crippen molar-refractivity contribution in [2.45, 2.75) is 52.1 Å². The zero-order valence-corrected chi connectivity index (χ0v) is 10.9. The molecule has 0 radical (unpaired) electrons. The lowest BCUT2D eigenvalue weighted by Gasteiger charge is -2.50. The lowest BCUT2D eigenvalue weighted by Crippen LogP contribution is -2.47. The number of fused-ring (bicyclic) bond motifs is 3. The van der Waals surface area contributed by atoms with Gasteiger partial charge in [-0.25, -0.2) is 0 Å².